The van der Waals surface area contributed by atoms with E-state index in [1.807, 2.05) is 0 Å². The second kappa shape index (κ2) is 5.23. The zero-order valence-corrected chi connectivity index (χ0v) is 13.7. The van der Waals surface area contributed by atoms with E-state index in [2.05, 4.69) is 5.32 Å². The highest BCUT2D eigenvalue weighted by molar-refractivity contribution is 6.34. The number of hydrogen-bond donors (Lipinski definition) is 1. The van der Waals surface area contributed by atoms with Gasteiger partial charge in [-0.3, -0.25) is 14.4 Å². The Morgan fingerprint density at radius 2 is 1.58 bits per heavy atom. The lowest BCUT2D eigenvalue weighted by molar-refractivity contribution is -0.255. The fraction of sp³-hybridized carbons (Fsp3) is 0.211. The van der Waals surface area contributed by atoms with Crippen LogP contribution in [0.25, 0.3) is 0 Å². The fourth-order valence-electron chi connectivity index (χ4n) is 3.62. The highest BCUT2D eigenvalue weighted by Crippen LogP contribution is 2.44. The molecule has 1 saturated heterocycles. The summed E-state index contributed by atoms with van der Waals surface area (Å²) in [5, 5.41) is 2.74. The molecule has 1 spiro atoms. The lowest BCUT2D eigenvalue weighted by Gasteiger charge is -2.32. The van der Waals surface area contributed by atoms with E-state index < -0.39 is 11.7 Å². The van der Waals surface area contributed by atoms with E-state index in [1.165, 1.54) is 0 Å². The molecule has 1 N–H and O–H groups in total. The van der Waals surface area contributed by atoms with Crippen LogP contribution in [0.5, 0.6) is 0 Å². The number of ether oxygens (including phenoxy) is 2. The molecule has 1 fully saturated rings. The van der Waals surface area contributed by atoms with Crippen molar-refractivity contribution in [3.63, 3.8) is 0 Å². The predicted molar refractivity (Wildman–Crippen MR) is 90.9 cm³/mol. The molecule has 130 valence electrons. The first kappa shape index (κ1) is 15.2. The highest BCUT2D eigenvalue weighted by Gasteiger charge is 2.51. The maximum Gasteiger partial charge on any atom is 0.289 e. The molecule has 0 saturated carbocycles. The van der Waals surface area contributed by atoms with Crippen LogP contribution in [-0.4, -0.2) is 30.9 Å². The minimum absolute atomic E-state index is 0.368. The van der Waals surface area contributed by atoms with Crippen LogP contribution in [0.2, 0.25) is 0 Å². The van der Waals surface area contributed by atoms with Gasteiger partial charge in [-0.1, -0.05) is 12.1 Å². The van der Waals surface area contributed by atoms with Gasteiger partial charge in [0.25, 0.3) is 23.5 Å². The van der Waals surface area contributed by atoms with Crippen LogP contribution in [0, 0.1) is 0 Å². The largest absolute Gasteiger partial charge is 0.338 e. The standard InChI is InChI=1S/C19H14N2O5/c22-16-12-4-1-2-5-13(12)17(23)21(16)11-6-7-15-14(10-11)19(18(24)20-15)25-8-3-9-26-19/h1-2,4-7,10H,3,8-9H2,(H,20,24). The Labute approximate surface area is 148 Å². The van der Waals surface area contributed by atoms with E-state index in [0.29, 0.717) is 47.7 Å². The number of nitrogens with zero attached hydrogens (tertiary/aromatic N) is 1. The Balaban J connectivity index is 1.61. The maximum absolute atomic E-state index is 12.7. The third kappa shape index (κ3) is 1.86. The molecule has 0 aromatic heterocycles. The molecule has 7 nitrogen and oxygen atoms in total. The van der Waals surface area contributed by atoms with Gasteiger partial charge in [0.2, 0.25) is 0 Å². The molecule has 3 aliphatic heterocycles. The van der Waals surface area contributed by atoms with Crippen LogP contribution in [0.3, 0.4) is 0 Å². The van der Waals surface area contributed by atoms with E-state index in [9.17, 15) is 14.4 Å². The van der Waals surface area contributed by atoms with E-state index >= 15 is 0 Å². The topological polar surface area (TPSA) is 84.9 Å². The van der Waals surface area contributed by atoms with Crippen molar-refractivity contribution in [1.29, 1.82) is 0 Å². The van der Waals surface area contributed by atoms with Crippen LogP contribution >= 0.6 is 0 Å². The Morgan fingerprint density at radius 3 is 2.23 bits per heavy atom. The van der Waals surface area contributed by atoms with E-state index in [1.54, 1.807) is 42.5 Å². The monoisotopic (exact) mass is 350 g/mol. The summed E-state index contributed by atoms with van der Waals surface area (Å²) in [6, 6.07) is 11.6. The Morgan fingerprint density at radius 1 is 0.923 bits per heavy atom. The fourth-order valence-corrected chi connectivity index (χ4v) is 3.62. The number of fused-ring (bicyclic) bond motifs is 3. The molecule has 0 unspecified atom stereocenters. The summed E-state index contributed by atoms with van der Waals surface area (Å²) in [7, 11) is 0. The number of carbonyl (C=O) groups is 3. The van der Waals surface area contributed by atoms with Crippen molar-refractivity contribution in [3.05, 3.63) is 59.2 Å². The van der Waals surface area contributed by atoms with E-state index in [4.69, 9.17) is 9.47 Å². The van der Waals surface area contributed by atoms with Gasteiger partial charge in [-0.25, -0.2) is 4.90 Å². The SMILES string of the molecule is O=C1c2ccccc2C(=O)N1c1ccc2c(c1)C1(OCCCO1)C(=O)N2. The molecule has 0 aliphatic carbocycles. The van der Waals surface area contributed by atoms with Gasteiger partial charge in [0.15, 0.2) is 0 Å². The molecule has 0 bridgehead atoms. The molecule has 5 rings (SSSR count). The summed E-state index contributed by atoms with van der Waals surface area (Å²) < 4.78 is 11.4. The van der Waals surface area contributed by atoms with E-state index in [0.717, 1.165) is 4.90 Å². The molecule has 3 heterocycles. The number of hydrogen-bond acceptors (Lipinski definition) is 5. The summed E-state index contributed by atoms with van der Waals surface area (Å²) in [5.74, 6) is -2.68. The van der Waals surface area contributed by atoms with Crippen LogP contribution in [0.4, 0.5) is 11.4 Å². The molecule has 0 atom stereocenters. The molecular weight excluding hydrogens is 336 g/mol. The molecule has 26 heavy (non-hydrogen) atoms. The number of rotatable bonds is 1. The third-order valence-corrected chi connectivity index (χ3v) is 4.86. The van der Waals surface area contributed by atoms with Crippen molar-refractivity contribution in [3.8, 4) is 0 Å². The Bertz CT molecular complexity index is 943. The van der Waals surface area contributed by atoms with Crippen molar-refractivity contribution < 1.29 is 23.9 Å². The lowest BCUT2D eigenvalue weighted by atomic mass is 10.0. The van der Waals surface area contributed by atoms with Crippen molar-refractivity contribution in [2.45, 2.75) is 12.2 Å². The smallest absolute Gasteiger partial charge is 0.289 e. The van der Waals surface area contributed by atoms with E-state index in [-0.39, 0.29) is 11.8 Å². The summed E-state index contributed by atoms with van der Waals surface area (Å²) in [5.41, 5.74) is 2.15. The second-order valence-electron chi connectivity index (χ2n) is 6.34. The third-order valence-electron chi connectivity index (χ3n) is 4.86. The Hall–Kier alpha value is -3.03. The normalized spacial score (nSPS) is 20.3. The van der Waals surface area contributed by atoms with Gasteiger partial charge in [-0.2, -0.15) is 0 Å². The van der Waals surface area contributed by atoms with Gasteiger partial charge in [0.1, 0.15) is 0 Å². The van der Waals surface area contributed by atoms with Crippen LogP contribution < -0.4 is 10.2 Å². The van der Waals surface area contributed by atoms with Crippen LogP contribution in [0.1, 0.15) is 32.7 Å². The number of imide groups is 1. The van der Waals surface area contributed by atoms with Gasteiger partial charge >= 0.3 is 0 Å². The molecule has 7 heteroatoms. The van der Waals surface area contributed by atoms with Crippen LogP contribution in [-0.2, 0) is 20.1 Å². The first-order chi connectivity index (χ1) is 12.6. The minimum Gasteiger partial charge on any atom is -0.338 e. The van der Waals surface area contributed by atoms with Gasteiger partial charge in [-0.05, 0) is 36.8 Å². The number of nitrogens with one attached hydrogen (secondary N) is 1. The highest BCUT2D eigenvalue weighted by atomic mass is 16.7. The molecular formula is C19H14N2O5. The van der Waals surface area contributed by atoms with Gasteiger partial charge in [0, 0.05) is 5.56 Å². The number of amides is 3. The van der Waals surface area contributed by atoms with Crippen molar-refractivity contribution in [2.24, 2.45) is 0 Å². The number of anilines is 2. The van der Waals surface area contributed by atoms with Crippen molar-refractivity contribution in [2.75, 3.05) is 23.4 Å². The Kier molecular flexibility index (Phi) is 3.07. The lowest BCUT2D eigenvalue weighted by Crippen LogP contribution is -2.43. The number of carbonyl (C=O) groups excluding carboxylic acids is 3. The minimum atomic E-state index is -1.51. The van der Waals surface area contributed by atoms with Gasteiger partial charge in [0.05, 0.1) is 35.7 Å². The van der Waals surface area contributed by atoms with Gasteiger partial charge in [-0.15, -0.1) is 0 Å². The predicted octanol–water partition coefficient (Wildman–Crippen LogP) is 2.03. The molecule has 2 aromatic carbocycles. The molecule has 0 radical (unpaired) electrons. The molecule has 3 aliphatic rings. The van der Waals surface area contributed by atoms with Crippen molar-refractivity contribution >= 4 is 29.1 Å². The summed E-state index contributed by atoms with van der Waals surface area (Å²) in [4.78, 5) is 39.0. The molecule has 3 amide bonds. The summed E-state index contributed by atoms with van der Waals surface area (Å²) in [6.45, 7) is 0.786. The maximum atomic E-state index is 12.7. The zero-order chi connectivity index (χ0) is 17.9. The van der Waals surface area contributed by atoms with Gasteiger partial charge < -0.3 is 14.8 Å². The zero-order valence-electron chi connectivity index (χ0n) is 13.7. The first-order valence-electron chi connectivity index (χ1n) is 8.33. The van der Waals surface area contributed by atoms with Crippen LogP contribution in [0.15, 0.2) is 42.5 Å². The second-order valence-corrected chi connectivity index (χ2v) is 6.34. The summed E-state index contributed by atoms with van der Waals surface area (Å²) in [6.07, 6.45) is 0.697. The first-order valence-corrected chi connectivity index (χ1v) is 8.33. The average Bonchev–Trinajstić information content (AvgIpc) is 3.08. The van der Waals surface area contributed by atoms with Crippen molar-refractivity contribution in [1.82, 2.24) is 0 Å². The average molecular weight is 350 g/mol. The number of benzene rings is 2. The quantitative estimate of drug-likeness (QED) is 0.796. The molecule has 2 aromatic rings. The summed E-state index contributed by atoms with van der Waals surface area (Å²) >= 11 is 0.